The first-order valence-corrected chi connectivity index (χ1v) is 9.03. The summed E-state index contributed by atoms with van der Waals surface area (Å²) in [6.07, 6.45) is 0. The van der Waals surface area contributed by atoms with Crippen molar-refractivity contribution < 1.29 is 9.59 Å². The van der Waals surface area contributed by atoms with Gasteiger partial charge >= 0.3 is 6.03 Å². The van der Waals surface area contributed by atoms with Crippen molar-refractivity contribution in [2.24, 2.45) is 0 Å². The molecule has 4 rings (SSSR count). The van der Waals surface area contributed by atoms with Gasteiger partial charge in [0, 0.05) is 21.0 Å². The summed E-state index contributed by atoms with van der Waals surface area (Å²) in [6, 6.07) is 22.4. The predicted octanol–water partition coefficient (Wildman–Crippen LogP) is 5.72. The fourth-order valence-electron chi connectivity index (χ4n) is 2.92. The van der Waals surface area contributed by atoms with E-state index >= 15 is 0 Å². The lowest BCUT2D eigenvalue weighted by molar-refractivity contribution is 0.101. The molecular formula is C21H16N2O2S. The van der Waals surface area contributed by atoms with E-state index in [-0.39, 0.29) is 11.8 Å². The smallest absolute Gasteiger partial charge is 0.307 e. The molecule has 1 aliphatic rings. The minimum Gasteiger partial charge on any atom is -0.307 e. The number of hydrogen-bond donors (Lipinski definition) is 1. The molecule has 0 aromatic heterocycles. The van der Waals surface area contributed by atoms with Crippen LogP contribution in [0.1, 0.15) is 17.3 Å². The Bertz CT molecular complexity index is 971. The number of fused-ring (bicyclic) bond motifs is 2. The van der Waals surface area contributed by atoms with Crippen LogP contribution in [0.25, 0.3) is 0 Å². The van der Waals surface area contributed by atoms with Crippen molar-refractivity contribution in [3.8, 4) is 0 Å². The second kappa shape index (κ2) is 6.69. The maximum absolute atomic E-state index is 13.1. The van der Waals surface area contributed by atoms with Gasteiger partial charge in [-0.15, -0.1) is 0 Å². The molecule has 3 aromatic rings. The summed E-state index contributed by atoms with van der Waals surface area (Å²) in [6.45, 7) is 1.51. The van der Waals surface area contributed by atoms with Crippen LogP contribution < -0.4 is 10.2 Å². The van der Waals surface area contributed by atoms with Gasteiger partial charge < -0.3 is 5.32 Å². The highest BCUT2D eigenvalue weighted by Gasteiger charge is 2.27. The molecule has 0 saturated carbocycles. The van der Waals surface area contributed by atoms with Gasteiger partial charge in [-0.3, -0.25) is 9.69 Å². The van der Waals surface area contributed by atoms with Crippen LogP contribution in [0.2, 0.25) is 0 Å². The first-order valence-electron chi connectivity index (χ1n) is 8.21. The van der Waals surface area contributed by atoms with Crippen molar-refractivity contribution in [3.05, 3.63) is 78.4 Å². The van der Waals surface area contributed by atoms with E-state index in [1.807, 2.05) is 48.5 Å². The predicted molar refractivity (Wildman–Crippen MR) is 105 cm³/mol. The van der Waals surface area contributed by atoms with Crippen LogP contribution in [0.5, 0.6) is 0 Å². The lowest BCUT2D eigenvalue weighted by Gasteiger charge is -2.31. The Hall–Kier alpha value is -3.05. The number of nitrogens with one attached hydrogen (secondary N) is 1. The van der Waals surface area contributed by atoms with E-state index in [1.165, 1.54) is 6.92 Å². The highest BCUT2D eigenvalue weighted by atomic mass is 32.2. The van der Waals surface area contributed by atoms with Gasteiger partial charge in [0.1, 0.15) is 0 Å². The number of hydrogen-bond acceptors (Lipinski definition) is 3. The summed E-state index contributed by atoms with van der Waals surface area (Å²) in [5.41, 5.74) is 2.85. The number of para-hydroxylation sites is 2. The number of rotatable bonds is 2. The molecule has 0 aliphatic carbocycles. The molecule has 0 atom stereocenters. The Morgan fingerprint density at radius 3 is 2.08 bits per heavy atom. The largest absolute Gasteiger partial charge is 0.331 e. The number of Topliss-reactive ketones (excluding diaryl/α,β-unsaturated/α-hetero) is 1. The van der Waals surface area contributed by atoms with Gasteiger partial charge in [0.2, 0.25) is 0 Å². The molecule has 0 saturated heterocycles. The summed E-state index contributed by atoms with van der Waals surface area (Å²) in [7, 11) is 0. The number of carbonyl (C=O) groups excluding carboxylic acids is 2. The number of amides is 2. The maximum Gasteiger partial charge on any atom is 0.331 e. The summed E-state index contributed by atoms with van der Waals surface area (Å²) in [5.74, 6) is -0.0360. The number of anilines is 3. The SMILES string of the molecule is CC(=O)c1cccc(NC(=O)N2c3ccccc3Sc3ccccc32)c1. The van der Waals surface area contributed by atoms with Crippen LogP contribution in [0.3, 0.4) is 0 Å². The average molecular weight is 360 g/mol. The summed E-state index contributed by atoms with van der Waals surface area (Å²) in [4.78, 5) is 28.4. The van der Waals surface area contributed by atoms with Gasteiger partial charge in [-0.05, 0) is 43.3 Å². The van der Waals surface area contributed by atoms with Gasteiger partial charge in [0.15, 0.2) is 5.78 Å². The quantitative estimate of drug-likeness (QED) is 0.594. The van der Waals surface area contributed by atoms with Crippen molar-refractivity contribution >= 4 is 40.6 Å². The van der Waals surface area contributed by atoms with Crippen LogP contribution >= 0.6 is 11.8 Å². The van der Waals surface area contributed by atoms with E-state index < -0.39 is 0 Å². The summed E-state index contributed by atoms with van der Waals surface area (Å²) < 4.78 is 0. The van der Waals surface area contributed by atoms with Crippen molar-refractivity contribution in [2.45, 2.75) is 16.7 Å². The number of nitrogens with zero attached hydrogens (tertiary/aromatic N) is 1. The monoisotopic (exact) mass is 360 g/mol. The van der Waals surface area contributed by atoms with Crippen LogP contribution in [-0.2, 0) is 0 Å². The lowest BCUT2D eigenvalue weighted by Crippen LogP contribution is -2.32. The van der Waals surface area contributed by atoms with E-state index in [0.29, 0.717) is 11.3 Å². The standard InChI is InChI=1S/C21H16N2O2S/c1-14(24)15-7-6-8-16(13-15)22-21(25)23-17-9-2-4-11-19(17)26-20-12-5-3-10-18(20)23/h2-13H,1H3,(H,22,25). The van der Waals surface area contributed by atoms with E-state index in [4.69, 9.17) is 0 Å². The Morgan fingerprint density at radius 1 is 0.846 bits per heavy atom. The molecule has 0 radical (unpaired) electrons. The highest BCUT2D eigenvalue weighted by Crippen LogP contribution is 2.47. The number of urea groups is 1. The topological polar surface area (TPSA) is 49.4 Å². The van der Waals surface area contributed by atoms with E-state index in [1.54, 1.807) is 40.9 Å². The van der Waals surface area contributed by atoms with Gasteiger partial charge in [-0.1, -0.05) is 48.2 Å². The molecule has 0 unspecified atom stereocenters. The van der Waals surface area contributed by atoms with Gasteiger partial charge in [-0.25, -0.2) is 4.79 Å². The molecule has 1 heterocycles. The zero-order valence-electron chi connectivity index (χ0n) is 14.1. The third kappa shape index (κ3) is 2.97. The molecule has 3 aromatic carbocycles. The van der Waals surface area contributed by atoms with E-state index in [9.17, 15) is 9.59 Å². The minimum atomic E-state index is -0.258. The van der Waals surface area contributed by atoms with Crippen LogP contribution in [0.4, 0.5) is 21.9 Å². The molecule has 2 amide bonds. The molecule has 0 spiro atoms. The van der Waals surface area contributed by atoms with Crippen LogP contribution in [0.15, 0.2) is 82.6 Å². The van der Waals surface area contributed by atoms with Gasteiger partial charge in [0.05, 0.1) is 11.4 Å². The maximum atomic E-state index is 13.1. The van der Waals surface area contributed by atoms with Crippen molar-refractivity contribution in [3.63, 3.8) is 0 Å². The second-order valence-electron chi connectivity index (χ2n) is 5.94. The molecule has 0 fully saturated rings. The molecular weight excluding hydrogens is 344 g/mol. The zero-order valence-corrected chi connectivity index (χ0v) is 14.9. The van der Waals surface area contributed by atoms with E-state index in [2.05, 4.69) is 5.32 Å². The van der Waals surface area contributed by atoms with E-state index in [0.717, 1.165) is 21.2 Å². The minimum absolute atomic E-state index is 0.0360. The average Bonchev–Trinajstić information content (AvgIpc) is 2.66. The molecule has 128 valence electrons. The van der Waals surface area contributed by atoms with Crippen LogP contribution in [0, 0.1) is 0 Å². The Balaban J connectivity index is 1.72. The molecule has 1 N–H and O–H groups in total. The van der Waals surface area contributed by atoms with Crippen molar-refractivity contribution in [1.29, 1.82) is 0 Å². The first kappa shape index (κ1) is 16.4. The van der Waals surface area contributed by atoms with Gasteiger partial charge in [-0.2, -0.15) is 0 Å². The summed E-state index contributed by atoms with van der Waals surface area (Å²) in [5, 5.41) is 2.91. The zero-order chi connectivity index (χ0) is 18.1. The summed E-state index contributed by atoms with van der Waals surface area (Å²) >= 11 is 1.65. The lowest BCUT2D eigenvalue weighted by atomic mass is 10.1. The Morgan fingerprint density at radius 2 is 1.46 bits per heavy atom. The Kier molecular flexibility index (Phi) is 4.22. The number of benzene rings is 3. The fourth-order valence-corrected chi connectivity index (χ4v) is 3.98. The number of carbonyl (C=O) groups is 2. The molecule has 1 aliphatic heterocycles. The third-order valence-corrected chi connectivity index (χ3v) is 5.29. The van der Waals surface area contributed by atoms with Crippen LogP contribution in [-0.4, -0.2) is 11.8 Å². The van der Waals surface area contributed by atoms with Gasteiger partial charge in [0.25, 0.3) is 0 Å². The molecule has 0 bridgehead atoms. The fraction of sp³-hybridized carbons (Fsp3) is 0.0476. The highest BCUT2D eigenvalue weighted by molar-refractivity contribution is 7.99. The van der Waals surface area contributed by atoms with Crippen molar-refractivity contribution in [1.82, 2.24) is 0 Å². The third-order valence-electron chi connectivity index (χ3n) is 4.16. The Labute approximate surface area is 155 Å². The van der Waals surface area contributed by atoms with Crippen molar-refractivity contribution in [2.75, 3.05) is 10.2 Å². The molecule has 5 heteroatoms. The normalized spacial score (nSPS) is 12.1. The number of ketones is 1. The molecule has 26 heavy (non-hydrogen) atoms. The molecule has 4 nitrogen and oxygen atoms in total. The second-order valence-corrected chi connectivity index (χ2v) is 7.02. The first-order chi connectivity index (χ1) is 12.6.